The van der Waals surface area contributed by atoms with E-state index in [0.717, 1.165) is 54.8 Å². The highest BCUT2D eigenvalue weighted by molar-refractivity contribution is 7.99. The first-order valence-corrected chi connectivity index (χ1v) is 12.1. The Morgan fingerprint density at radius 1 is 1.13 bits per heavy atom. The minimum Gasteiger partial charge on any atom is -0.497 e. The highest BCUT2D eigenvalue weighted by Crippen LogP contribution is 2.31. The van der Waals surface area contributed by atoms with Crippen LogP contribution >= 0.6 is 23.1 Å². The zero-order chi connectivity index (χ0) is 20.9. The third-order valence-electron chi connectivity index (χ3n) is 5.38. The Bertz CT molecular complexity index is 995. The second kappa shape index (κ2) is 9.71. The first-order valence-electron chi connectivity index (χ1n) is 10.3. The third kappa shape index (κ3) is 4.90. The van der Waals surface area contributed by atoms with Crippen molar-refractivity contribution in [3.05, 3.63) is 48.0 Å². The van der Waals surface area contributed by atoms with Gasteiger partial charge in [-0.05, 0) is 55.0 Å². The van der Waals surface area contributed by atoms with Gasteiger partial charge in [-0.1, -0.05) is 23.5 Å². The highest BCUT2D eigenvalue weighted by Gasteiger charge is 2.23. The van der Waals surface area contributed by atoms with E-state index in [1.807, 2.05) is 17.0 Å². The summed E-state index contributed by atoms with van der Waals surface area (Å²) in [5, 5.41) is 1.07. The van der Waals surface area contributed by atoms with E-state index in [-0.39, 0.29) is 5.91 Å². The van der Waals surface area contributed by atoms with Crippen molar-refractivity contribution in [1.82, 2.24) is 9.88 Å². The Morgan fingerprint density at radius 3 is 2.60 bits per heavy atom. The van der Waals surface area contributed by atoms with Crippen LogP contribution in [-0.2, 0) is 4.79 Å². The van der Waals surface area contributed by atoms with Crippen LogP contribution in [0, 0.1) is 6.92 Å². The molecule has 0 unspecified atom stereocenters. The summed E-state index contributed by atoms with van der Waals surface area (Å²) in [5.74, 6) is 2.09. The van der Waals surface area contributed by atoms with E-state index in [1.165, 1.54) is 15.2 Å². The van der Waals surface area contributed by atoms with Crippen LogP contribution in [0.5, 0.6) is 5.75 Å². The van der Waals surface area contributed by atoms with Crippen LogP contribution in [0.15, 0.2) is 47.4 Å². The van der Waals surface area contributed by atoms with Gasteiger partial charge in [0, 0.05) is 37.5 Å². The van der Waals surface area contributed by atoms with Gasteiger partial charge >= 0.3 is 0 Å². The minimum absolute atomic E-state index is 0.269. The highest BCUT2D eigenvalue weighted by atomic mass is 32.2. The van der Waals surface area contributed by atoms with Crippen molar-refractivity contribution >= 4 is 44.4 Å². The van der Waals surface area contributed by atoms with Crippen LogP contribution < -0.4 is 9.64 Å². The second-order valence-electron chi connectivity index (χ2n) is 7.41. The number of rotatable bonds is 7. The average Bonchev–Trinajstić information content (AvgIpc) is 3.23. The number of para-hydroxylation sites is 1. The standard InChI is InChI=1S/C23H27N3O2S2/c1-17-5-3-6-20-22(17)24-23(30-20)26-14-12-25(13-15-26)21(27)7-4-16-29-19-10-8-18(28-2)9-11-19/h3,5-6,8-11H,4,7,12-16H2,1-2H3. The predicted molar refractivity (Wildman–Crippen MR) is 126 cm³/mol. The van der Waals surface area contributed by atoms with E-state index in [4.69, 9.17) is 9.72 Å². The number of aryl methyl sites for hydroxylation is 1. The molecule has 1 aliphatic heterocycles. The molecule has 2 heterocycles. The number of anilines is 1. The fourth-order valence-electron chi connectivity index (χ4n) is 3.60. The number of aromatic nitrogens is 1. The van der Waals surface area contributed by atoms with E-state index in [2.05, 4.69) is 42.2 Å². The first kappa shape index (κ1) is 21.0. The largest absolute Gasteiger partial charge is 0.497 e. The van der Waals surface area contributed by atoms with Crippen LogP contribution in [0.1, 0.15) is 18.4 Å². The smallest absolute Gasteiger partial charge is 0.222 e. The lowest BCUT2D eigenvalue weighted by Gasteiger charge is -2.34. The quantitative estimate of drug-likeness (QED) is 0.388. The van der Waals surface area contributed by atoms with E-state index >= 15 is 0 Å². The summed E-state index contributed by atoms with van der Waals surface area (Å²) in [4.78, 5) is 23.0. The molecule has 0 atom stereocenters. The van der Waals surface area contributed by atoms with E-state index in [0.29, 0.717) is 6.42 Å². The van der Waals surface area contributed by atoms with Gasteiger partial charge in [0.15, 0.2) is 5.13 Å². The van der Waals surface area contributed by atoms with E-state index < -0.39 is 0 Å². The molecule has 1 aliphatic rings. The summed E-state index contributed by atoms with van der Waals surface area (Å²) in [7, 11) is 1.67. The van der Waals surface area contributed by atoms with Gasteiger partial charge in [0.05, 0.1) is 17.3 Å². The number of fused-ring (bicyclic) bond motifs is 1. The number of thioether (sulfide) groups is 1. The molecule has 1 fully saturated rings. The van der Waals surface area contributed by atoms with Crippen molar-refractivity contribution in [2.24, 2.45) is 0 Å². The normalized spacial score (nSPS) is 14.3. The summed E-state index contributed by atoms with van der Waals surface area (Å²) in [6.07, 6.45) is 1.51. The fourth-order valence-corrected chi connectivity index (χ4v) is 5.55. The van der Waals surface area contributed by atoms with Gasteiger partial charge in [-0.15, -0.1) is 11.8 Å². The lowest BCUT2D eigenvalue weighted by molar-refractivity contribution is -0.131. The first-order chi connectivity index (χ1) is 14.6. The minimum atomic E-state index is 0.269. The number of carbonyl (C=O) groups is 1. The van der Waals surface area contributed by atoms with Crippen LogP contribution in [0.3, 0.4) is 0 Å². The van der Waals surface area contributed by atoms with Crippen LogP contribution in [-0.4, -0.2) is 54.8 Å². The molecule has 0 radical (unpaired) electrons. The number of ether oxygens (including phenoxy) is 1. The predicted octanol–water partition coefficient (Wildman–Crippen LogP) is 4.83. The Balaban J connectivity index is 1.21. The molecule has 30 heavy (non-hydrogen) atoms. The lowest BCUT2D eigenvalue weighted by atomic mass is 10.2. The summed E-state index contributed by atoms with van der Waals surface area (Å²) in [6, 6.07) is 14.4. The third-order valence-corrected chi connectivity index (χ3v) is 7.56. The Labute approximate surface area is 186 Å². The Kier molecular flexibility index (Phi) is 6.79. The molecule has 1 saturated heterocycles. The van der Waals surface area contributed by atoms with Crippen molar-refractivity contribution in [3.63, 3.8) is 0 Å². The SMILES string of the molecule is COc1ccc(SCCCC(=O)N2CCN(c3nc4c(C)cccc4s3)CC2)cc1. The van der Waals surface area contributed by atoms with Crippen molar-refractivity contribution in [2.75, 3.05) is 43.9 Å². The second-order valence-corrected chi connectivity index (χ2v) is 9.59. The van der Waals surface area contributed by atoms with Crippen molar-refractivity contribution in [2.45, 2.75) is 24.7 Å². The molecule has 0 saturated carbocycles. The Morgan fingerprint density at radius 2 is 1.90 bits per heavy atom. The maximum absolute atomic E-state index is 12.6. The summed E-state index contributed by atoms with van der Waals surface area (Å²) in [6.45, 7) is 5.37. The number of benzene rings is 2. The van der Waals surface area contributed by atoms with Gasteiger partial charge in [-0.25, -0.2) is 4.98 Å². The molecule has 1 aromatic heterocycles. The fraction of sp³-hybridized carbons (Fsp3) is 0.391. The number of nitrogens with zero attached hydrogens (tertiary/aromatic N) is 3. The molecular weight excluding hydrogens is 414 g/mol. The molecule has 0 N–H and O–H groups in total. The molecule has 5 nitrogen and oxygen atoms in total. The molecule has 158 valence electrons. The maximum Gasteiger partial charge on any atom is 0.222 e. The number of hydrogen-bond donors (Lipinski definition) is 0. The molecule has 7 heteroatoms. The van der Waals surface area contributed by atoms with Crippen molar-refractivity contribution in [3.8, 4) is 5.75 Å². The van der Waals surface area contributed by atoms with Gasteiger partial charge < -0.3 is 14.5 Å². The van der Waals surface area contributed by atoms with Crippen LogP contribution in [0.2, 0.25) is 0 Å². The number of piperazine rings is 1. The van der Waals surface area contributed by atoms with Crippen LogP contribution in [0.4, 0.5) is 5.13 Å². The summed E-state index contributed by atoms with van der Waals surface area (Å²) >= 11 is 3.53. The number of amides is 1. The number of hydrogen-bond acceptors (Lipinski definition) is 6. The van der Waals surface area contributed by atoms with Gasteiger partial charge in [0.25, 0.3) is 0 Å². The zero-order valence-corrected chi connectivity index (χ0v) is 19.1. The van der Waals surface area contributed by atoms with Gasteiger partial charge in [-0.2, -0.15) is 0 Å². The molecule has 2 aromatic carbocycles. The lowest BCUT2D eigenvalue weighted by Crippen LogP contribution is -2.48. The number of methoxy groups -OCH3 is 1. The van der Waals surface area contributed by atoms with Crippen LogP contribution in [0.25, 0.3) is 10.2 Å². The average molecular weight is 442 g/mol. The zero-order valence-electron chi connectivity index (χ0n) is 17.5. The molecule has 0 spiro atoms. The molecule has 0 aliphatic carbocycles. The Hall–Kier alpha value is -2.25. The van der Waals surface area contributed by atoms with Gasteiger partial charge in [0.1, 0.15) is 5.75 Å². The monoisotopic (exact) mass is 441 g/mol. The topological polar surface area (TPSA) is 45.7 Å². The number of carbonyl (C=O) groups excluding carboxylic acids is 1. The molecular formula is C23H27N3O2S2. The summed E-state index contributed by atoms with van der Waals surface area (Å²) in [5.41, 5.74) is 2.32. The molecule has 0 bridgehead atoms. The summed E-state index contributed by atoms with van der Waals surface area (Å²) < 4.78 is 6.42. The molecule has 1 amide bonds. The molecule has 4 rings (SSSR count). The van der Waals surface area contributed by atoms with Gasteiger partial charge in [0.2, 0.25) is 5.91 Å². The van der Waals surface area contributed by atoms with Crippen molar-refractivity contribution in [1.29, 1.82) is 0 Å². The van der Waals surface area contributed by atoms with E-state index in [1.54, 1.807) is 30.2 Å². The molecule has 3 aromatic rings. The van der Waals surface area contributed by atoms with Crippen molar-refractivity contribution < 1.29 is 9.53 Å². The van der Waals surface area contributed by atoms with Gasteiger partial charge in [-0.3, -0.25) is 4.79 Å². The number of thiazole rings is 1. The maximum atomic E-state index is 12.6. The van der Waals surface area contributed by atoms with E-state index in [9.17, 15) is 4.79 Å².